The molecule has 132 valence electrons. The number of benzene rings is 1. The summed E-state index contributed by atoms with van der Waals surface area (Å²) in [5.41, 5.74) is 3.64. The molecule has 0 fully saturated rings. The van der Waals surface area contributed by atoms with E-state index in [9.17, 15) is 9.59 Å². The van der Waals surface area contributed by atoms with Crippen LogP contribution in [-0.2, 0) is 4.79 Å². The lowest BCUT2D eigenvalue weighted by molar-refractivity contribution is -0.120. The van der Waals surface area contributed by atoms with Crippen LogP contribution in [0.2, 0.25) is 0 Å². The third kappa shape index (κ3) is 4.84. The van der Waals surface area contributed by atoms with Gasteiger partial charge in [0, 0.05) is 11.6 Å². The van der Waals surface area contributed by atoms with E-state index in [0.717, 1.165) is 0 Å². The highest BCUT2D eigenvalue weighted by Gasteiger charge is 2.11. The van der Waals surface area contributed by atoms with E-state index < -0.39 is 11.8 Å². The molecule has 0 saturated heterocycles. The Balaban J connectivity index is 1.94. The van der Waals surface area contributed by atoms with Crippen molar-refractivity contribution in [1.82, 2.24) is 10.7 Å². The Morgan fingerprint density at radius 2 is 2.00 bits per heavy atom. The van der Waals surface area contributed by atoms with E-state index in [1.165, 1.54) is 19.4 Å². The maximum atomic E-state index is 11.8. The number of nitrogens with one attached hydrogen (secondary N) is 2. The van der Waals surface area contributed by atoms with E-state index in [0.29, 0.717) is 22.8 Å². The number of carbonyl (C=O) groups is 2. The lowest BCUT2D eigenvalue weighted by Crippen LogP contribution is -2.35. The minimum Gasteiger partial charge on any atom is -0.497 e. The molecule has 0 spiro atoms. The third-order valence-corrected chi connectivity index (χ3v) is 3.30. The summed E-state index contributed by atoms with van der Waals surface area (Å²) < 4.78 is 15.4. The monoisotopic (exact) mass is 345 g/mol. The number of hydrogen-bond acceptors (Lipinski definition) is 6. The number of ether oxygens (including phenoxy) is 2. The van der Waals surface area contributed by atoms with Gasteiger partial charge in [-0.25, -0.2) is 5.43 Å². The highest BCUT2D eigenvalue weighted by atomic mass is 16.5. The summed E-state index contributed by atoms with van der Waals surface area (Å²) in [4.78, 5) is 23.5. The summed E-state index contributed by atoms with van der Waals surface area (Å²) in [6, 6.07) is 8.36. The Labute approximate surface area is 144 Å². The second-order valence-electron chi connectivity index (χ2n) is 4.96. The first-order chi connectivity index (χ1) is 12.0. The SMILES string of the molecule is COc1ccc(/C(C)=N/NC(=O)CNC(=O)c2ccco2)c(OC)c1. The van der Waals surface area contributed by atoms with Gasteiger partial charge in [0.15, 0.2) is 5.76 Å². The van der Waals surface area contributed by atoms with Crippen LogP contribution in [0, 0.1) is 0 Å². The predicted molar refractivity (Wildman–Crippen MR) is 90.9 cm³/mol. The van der Waals surface area contributed by atoms with Crippen molar-refractivity contribution < 1.29 is 23.5 Å². The van der Waals surface area contributed by atoms with Crippen LogP contribution in [0.1, 0.15) is 23.0 Å². The number of hydrazone groups is 1. The van der Waals surface area contributed by atoms with Gasteiger partial charge in [0.25, 0.3) is 11.8 Å². The molecule has 0 saturated carbocycles. The van der Waals surface area contributed by atoms with E-state index >= 15 is 0 Å². The Bertz CT molecular complexity index is 769. The van der Waals surface area contributed by atoms with E-state index in [2.05, 4.69) is 15.8 Å². The van der Waals surface area contributed by atoms with Crippen molar-refractivity contribution in [2.45, 2.75) is 6.92 Å². The van der Waals surface area contributed by atoms with Gasteiger partial charge < -0.3 is 19.2 Å². The van der Waals surface area contributed by atoms with Crippen molar-refractivity contribution in [2.75, 3.05) is 20.8 Å². The molecule has 25 heavy (non-hydrogen) atoms. The van der Waals surface area contributed by atoms with E-state index in [1.807, 2.05) is 0 Å². The van der Waals surface area contributed by atoms with Gasteiger partial charge in [-0.2, -0.15) is 5.10 Å². The zero-order valence-electron chi connectivity index (χ0n) is 14.2. The molecule has 0 atom stereocenters. The minimum absolute atomic E-state index is 0.135. The average molecular weight is 345 g/mol. The molecular formula is C17H19N3O5. The Morgan fingerprint density at radius 3 is 2.64 bits per heavy atom. The van der Waals surface area contributed by atoms with Crippen LogP contribution >= 0.6 is 0 Å². The second-order valence-corrected chi connectivity index (χ2v) is 4.96. The van der Waals surface area contributed by atoms with E-state index in [1.54, 1.807) is 38.3 Å². The quantitative estimate of drug-likeness (QED) is 0.586. The van der Waals surface area contributed by atoms with Gasteiger partial charge >= 0.3 is 0 Å². The number of carbonyl (C=O) groups excluding carboxylic acids is 2. The van der Waals surface area contributed by atoms with Gasteiger partial charge in [0.05, 0.1) is 32.7 Å². The predicted octanol–water partition coefficient (Wildman–Crippen LogP) is 1.57. The van der Waals surface area contributed by atoms with Crippen LogP contribution in [0.5, 0.6) is 11.5 Å². The van der Waals surface area contributed by atoms with Gasteiger partial charge in [-0.05, 0) is 31.2 Å². The second kappa shape index (κ2) is 8.53. The molecule has 2 amide bonds. The molecule has 8 heteroatoms. The maximum Gasteiger partial charge on any atom is 0.287 e. The number of furan rings is 1. The Kier molecular flexibility index (Phi) is 6.16. The fourth-order valence-electron chi connectivity index (χ4n) is 2.00. The topological polar surface area (TPSA) is 102 Å². The van der Waals surface area contributed by atoms with Crippen LogP contribution < -0.4 is 20.2 Å². The molecule has 0 aliphatic heterocycles. The van der Waals surface area contributed by atoms with E-state index in [4.69, 9.17) is 13.9 Å². The van der Waals surface area contributed by atoms with Crippen molar-refractivity contribution in [1.29, 1.82) is 0 Å². The van der Waals surface area contributed by atoms with Crippen molar-refractivity contribution in [3.8, 4) is 11.5 Å². The van der Waals surface area contributed by atoms with Crippen molar-refractivity contribution >= 4 is 17.5 Å². The van der Waals surface area contributed by atoms with E-state index in [-0.39, 0.29) is 12.3 Å². The molecule has 2 rings (SSSR count). The molecule has 1 heterocycles. The van der Waals surface area contributed by atoms with Crippen LogP contribution in [-0.4, -0.2) is 38.3 Å². The number of methoxy groups -OCH3 is 2. The third-order valence-electron chi connectivity index (χ3n) is 3.30. The highest BCUT2D eigenvalue weighted by Crippen LogP contribution is 2.24. The summed E-state index contributed by atoms with van der Waals surface area (Å²) in [6.07, 6.45) is 1.38. The number of nitrogens with zero attached hydrogens (tertiary/aromatic N) is 1. The molecule has 0 radical (unpaired) electrons. The molecule has 2 N–H and O–H groups in total. The zero-order valence-corrected chi connectivity index (χ0v) is 14.2. The van der Waals surface area contributed by atoms with Crippen molar-refractivity contribution in [3.63, 3.8) is 0 Å². The molecule has 2 aromatic rings. The molecule has 0 aliphatic carbocycles. The molecule has 8 nitrogen and oxygen atoms in total. The lowest BCUT2D eigenvalue weighted by atomic mass is 10.1. The Hall–Kier alpha value is -3.29. The normalized spacial score (nSPS) is 10.9. The van der Waals surface area contributed by atoms with Crippen molar-refractivity contribution in [3.05, 3.63) is 47.9 Å². The van der Waals surface area contributed by atoms with Crippen molar-refractivity contribution in [2.24, 2.45) is 5.10 Å². The molecule has 0 bridgehead atoms. The summed E-state index contributed by atoms with van der Waals surface area (Å²) in [6.45, 7) is 1.50. The van der Waals surface area contributed by atoms with Gasteiger partial charge in [0.1, 0.15) is 11.5 Å². The minimum atomic E-state index is -0.474. The molecular weight excluding hydrogens is 326 g/mol. The summed E-state index contributed by atoms with van der Waals surface area (Å²) in [5, 5.41) is 6.45. The first-order valence-electron chi connectivity index (χ1n) is 7.42. The number of rotatable bonds is 7. The maximum absolute atomic E-state index is 11.8. The lowest BCUT2D eigenvalue weighted by Gasteiger charge is -2.10. The van der Waals surface area contributed by atoms with Gasteiger partial charge in [-0.3, -0.25) is 9.59 Å². The first kappa shape index (κ1) is 18.1. The fourth-order valence-corrected chi connectivity index (χ4v) is 2.00. The smallest absolute Gasteiger partial charge is 0.287 e. The largest absolute Gasteiger partial charge is 0.497 e. The summed E-state index contributed by atoms with van der Waals surface area (Å²) >= 11 is 0. The number of amides is 2. The van der Waals surface area contributed by atoms with Gasteiger partial charge in [0.2, 0.25) is 0 Å². The summed E-state index contributed by atoms with van der Waals surface area (Å²) in [7, 11) is 3.10. The highest BCUT2D eigenvalue weighted by molar-refractivity contribution is 6.02. The van der Waals surface area contributed by atoms with Gasteiger partial charge in [-0.15, -0.1) is 0 Å². The molecule has 1 aromatic carbocycles. The first-order valence-corrected chi connectivity index (χ1v) is 7.42. The molecule has 0 aliphatic rings. The van der Waals surface area contributed by atoms with Crippen LogP contribution in [0.15, 0.2) is 46.1 Å². The standard InChI is InChI=1S/C17H19N3O5/c1-11(13-7-6-12(23-2)9-15(13)24-3)19-20-16(21)10-18-17(22)14-5-4-8-25-14/h4-9H,10H2,1-3H3,(H,18,22)(H,20,21)/b19-11+. The average Bonchev–Trinajstić information content (AvgIpc) is 3.18. The fraction of sp³-hybridized carbons (Fsp3) is 0.235. The number of hydrogen-bond donors (Lipinski definition) is 2. The van der Waals surface area contributed by atoms with Crippen LogP contribution in [0.3, 0.4) is 0 Å². The van der Waals surface area contributed by atoms with Gasteiger partial charge in [-0.1, -0.05) is 0 Å². The Morgan fingerprint density at radius 1 is 1.20 bits per heavy atom. The molecule has 1 aromatic heterocycles. The summed E-state index contributed by atoms with van der Waals surface area (Å²) in [5.74, 6) is 0.416. The molecule has 0 unspecified atom stereocenters. The zero-order chi connectivity index (χ0) is 18.2. The van der Waals surface area contributed by atoms with Crippen LogP contribution in [0.25, 0.3) is 0 Å². The van der Waals surface area contributed by atoms with Crippen LogP contribution in [0.4, 0.5) is 0 Å².